The highest BCUT2D eigenvalue weighted by Gasteiger charge is 2.20. The monoisotopic (exact) mass is 300 g/mol. The first kappa shape index (κ1) is 16.1. The lowest BCUT2D eigenvalue weighted by atomic mass is 10.3. The van der Waals surface area contributed by atoms with E-state index in [0.717, 1.165) is 0 Å². The fourth-order valence-electron chi connectivity index (χ4n) is 1.37. The van der Waals surface area contributed by atoms with Crippen molar-refractivity contribution in [3.8, 4) is 0 Å². The van der Waals surface area contributed by atoms with Crippen LogP contribution in [-0.2, 0) is 14.3 Å². The van der Waals surface area contributed by atoms with Crippen LogP contribution in [0.15, 0.2) is 17.5 Å². The summed E-state index contributed by atoms with van der Waals surface area (Å²) in [5.41, 5.74) is 0. The number of hydrogen-bond donors (Lipinski definition) is 3. The molecular formula is C12H16N2O5S. The zero-order chi connectivity index (χ0) is 15.0. The van der Waals surface area contributed by atoms with Gasteiger partial charge in [-0.2, -0.15) is 0 Å². The molecule has 8 heteroatoms. The zero-order valence-corrected chi connectivity index (χ0v) is 11.7. The van der Waals surface area contributed by atoms with Gasteiger partial charge in [0.05, 0.1) is 18.6 Å². The van der Waals surface area contributed by atoms with Crippen LogP contribution in [0, 0.1) is 0 Å². The van der Waals surface area contributed by atoms with Crippen LogP contribution in [0.2, 0.25) is 0 Å². The van der Waals surface area contributed by atoms with Crippen molar-refractivity contribution in [2.24, 2.45) is 0 Å². The minimum atomic E-state index is -1.08. The number of aliphatic hydroxyl groups is 1. The third-order valence-electron chi connectivity index (χ3n) is 2.39. The molecule has 1 heterocycles. The fraction of sp³-hybridized carbons (Fsp3) is 0.417. The highest BCUT2D eigenvalue weighted by atomic mass is 32.1. The number of carbonyl (C=O) groups excluding carboxylic acids is 3. The largest absolute Gasteiger partial charge is 0.467 e. The molecular weight excluding hydrogens is 284 g/mol. The number of amides is 2. The molecule has 0 aliphatic rings. The van der Waals surface area contributed by atoms with Gasteiger partial charge in [-0.05, 0) is 11.4 Å². The molecule has 3 N–H and O–H groups in total. The standard InChI is InChI=1S/C12H16N2O5S/c1-19-12(18)8(7-15)14-10(16)4-5-13-11(17)9-3-2-6-20-9/h2-3,6,8,15H,4-5,7H2,1H3,(H,13,17)(H,14,16). The van der Waals surface area contributed by atoms with Crippen LogP contribution in [0.1, 0.15) is 16.1 Å². The van der Waals surface area contributed by atoms with Gasteiger partial charge in [0.15, 0.2) is 6.04 Å². The third kappa shape index (κ3) is 4.98. The number of hydrogen-bond acceptors (Lipinski definition) is 6. The molecule has 7 nitrogen and oxygen atoms in total. The van der Waals surface area contributed by atoms with E-state index < -0.39 is 24.5 Å². The summed E-state index contributed by atoms with van der Waals surface area (Å²) in [5, 5.41) is 15.6. The van der Waals surface area contributed by atoms with Crippen molar-refractivity contribution in [1.82, 2.24) is 10.6 Å². The first-order valence-electron chi connectivity index (χ1n) is 5.88. The van der Waals surface area contributed by atoms with Crippen LogP contribution in [0.5, 0.6) is 0 Å². The third-order valence-corrected chi connectivity index (χ3v) is 3.25. The smallest absolute Gasteiger partial charge is 0.330 e. The van der Waals surface area contributed by atoms with Gasteiger partial charge in [-0.15, -0.1) is 11.3 Å². The Bertz CT molecular complexity index is 460. The number of thiophene rings is 1. The highest BCUT2D eigenvalue weighted by molar-refractivity contribution is 7.12. The van der Waals surface area contributed by atoms with E-state index in [-0.39, 0.29) is 18.9 Å². The molecule has 1 rings (SSSR count). The van der Waals surface area contributed by atoms with Crippen LogP contribution in [0.4, 0.5) is 0 Å². The van der Waals surface area contributed by atoms with E-state index in [9.17, 15) is 14.4 Å². The van der Waals surface area contributed by atoms with Crippen molar-refractivity contribution < 1.29 is 24.2 Å². The Kier molecular flexibility index (Phi) is 6.68. The van der Waals surface area contributed by atoms with E-state index in [2.05, 4.69) is 15.4 Å². The molecule has 0 aliphatic heterocycles. The summed E-state index contributed by atoms with van der Waals surface area (Å²) in [6.45, 7) is -0.401. The maximum atomic E-state index is 11.6. The number of ether oxygens (including phenoxy) is 1. The van der Waals surface area contributed by atoms with E-state index in [1.165, 1.54) is 18.4 Å². The maximum absolute atomic E-state index is 11.6. The Morgan fingerprint density at radius 1 is 1.45 bits per heavy atom. The van der Waals surface area contributed by atoms with Crippen molar-refractivity contribution in [1.29, 1.82) is 0 Å². The topological polar surface area (TPSA) is 105 Å². The average molecular weight is 300 g/mol. The van der Waals surface area contributed by atoms with Crippen molar-refractivity contribution in [2.45, 2.75) is 12.5 Å². The van der Waals surface area contributed by atoms with E-state index in [1.54, 1.807) is 17.5 Å². The van der Waals surface area contributed by atoms with Gasteiger partial charge in [0, 0.05) is 13.0 Å². The normalized spacial score (nSPS) is 11.5. The fourth-order valence-corrected chi connectivity index (χ4v) is 2.01. The molecule has 1 aromatic rings. The zero-order valence-electron chi connectivity index (χ0n) is 10.9. The lowest BCUT2D eigenvalue weighted by molar-refractivity contribution is -0.146. The lowest BCUT2D eigenvalue weighted by Crippen LogP contribution is -2.44. The van der Waals surface area contributed by atoms with Gasteiger partial charge in [0.1, 0.15) is 0 Å². The molecule has 0 aromatic carbocycles. The number of methoxy groups -OCH3 is 1. The van der Waals surface area contributed by atoms with Crippen LogP contribution in [-0.4, -0.2) is 49.2 Å². The first-order chi connectivity index (χ1) is 9.58. The SMILES string of the molecule is COC(=O)C(CO)NC(=O)CCNC(=O)c1cccs1. The maximum Gasteiger partial charge on any atom is 0.330 e. The number of nitrogens with one attached hydrogen (secondary N) is 2. The molecule has 0 saturated carbocycles. The number of carbonyl (C=O) groups is 3. The molecule has 1 aromatic heterocycles. The van der Waals surface area contributed by atoms with Crippen molar-refractivity contribution in [2.75, 3.05) is 20.3 Å². The summed E-state index contributed by atoms with van der Waals surface area (Å²) in [4.78, 5) is 34.8. The van der Waals surface area contributed by atoms with E-state index in [1.807, 2.05) is 0 Å². The number of aliphatic hydroxyl groups excluding tert-OH is 1. The van der Waals surface area contributed by atoms with E-state index in [4.69, 9.17) is 5.11 Å². The minimum absolute atomic E-state index is 0.00457. The van der Waals surface area contributed by atoms with Gasteiger partial charge in [0.2, 0.25) is 5.91 Å². The second-order valence-electron chi connectivity index (χ2n) is 3.81. The van der Waals surface area contributed by atoms with Gasteiger partial charge in [0.25, 0.3) is 5.91 Å². The molecule has 0 bridgehead atoms. The molecule has 1 unspecified atom stereocenters. The van der Waals surface area contributed by atoms with E-state index in [0.29, 0.717) is 4.88 Å². The van der Waals surface area contributed by atoms with Crippen LogP contribution in [0.3, 0.4) is 0 Å². The van der Waals surface area contributed by atoms with Crippen LogP contribution >= 0.6 is 11.3 Å². The molecule has 20 heavy (non-hydrogen) atoms. The summed E-state index contributed by atoms with van der Waals surface area (Å²) in [7, 11) is 1.17. The summed E-state index contributed by atoms with van der Waals surface area (Å²) in [5.74, 6) is -1.43. The van der Waals surface area contributed by atoms with Gasteiger partial charge >= 0.3 is 5.97 Å². The predicted octanol–water partition coefficient (Wildman–Crippen LogP) is -0.482. The molecule has 0 radical (unpaired) electrons. The van der Waals surface area contributed by atoms with Crippen molar-refractivity contribution >= 4 is 29.1 Å². The van der Waals surface area contributed by atoms with Crippen molar-refractivity contribution in [3.63, 3.8) is 0 Å². The van der Waals surface area contributed by atoms with Gasteiger partial charge in [-0.1, -0.05) is 6.07 Å². The summed E-state index contributed by atoms with van der Waals surface area (Å²) in [6, 6.07) is 2.36. The molecule has 110 valence electrons. The Hall–Kier alpha value is -1.93. The number of esters is 1. The predicted molar refractivity (Wildman–Crippen MR) is 72.3 cm³/mol. The van der Waals surface area contributed by atoms with Gasteiger partial charge < -0.3 is 20.5 Å². The highest BCUT2D eigenvalue weighted by Crippen LogP contribution is 2.07. The first-order valence-corrected chi connectivity index (χ1v) is 6.76. The lowest BCUT2D eigenvalue weighted by Gasteiger charge is -2.13. The summed E-state index contributed by atoms with van der Waals surface area (Å²) in [6.07, 6.45) is 0.00457. The summed E-state index contributed by atoms with van der Waals surface area (Å²) < 4.78 is 4.41. The molecule has 0 saturated heterocycles. The Balaban J connectivity index is 2.29. The molecule has 0 spiro atoms. The van der Waals surface area contributed by atoms with Crippen LogP contribution in [0.25, 0.3) is 0 Å². The van der Waals surface area contributed by atoms with E-state index >= 15 is 0 Å². The van der Waals surface area contributed by atoms with Gasteiger partial charge in [-0.25, -0.2) is 4.79 Å². The minimum Gasteiger partial charge on any atom is -0.467 e. The van der Waals surface area contributed by atoms with Gasteiger partial charge in [-0.3, -0.25) is 9.59 Å². The Morgan fingerprint density at radius 3 is 2.75 bits per heavy atom. The van der Waals surface area contributed by atoms with Crippen LogP contribution < -0.4 is 10.6 Å². The quantitative estimate of drug-likeness (QED) is 0.590. The Labute approximate surface area is 119 Å². The van der Waals surface area contributed by atoms with Crippen molar-refractivity contribution in [3.05, 3.63) is 22.4 Å². The summed E-state index contributed by atoms with van der Waals surface area (Å²) >= 11 is 1.30. The Morgan fingerprint density at radius 2 is 2.20 bits per heavy atom. The number of rotatable bonds is 7. The second-order valence-corrected chi connectivity index (χ2v) is 4.76. The molecule has 1 atom stereocenters. The molecule has 2 amide bonds. The molecule has 0 aliphatic carbocycles. The average Bonchev–Trinajstić information content (AvgIpc) is 2.98. The molecule has 0 fully saturated rings. The second kappa shape index (κ2) is 8.28.